The van der Waals surface area contributed by atoms with E-state index >= 15 is 0 Å². The zero-order valence-electron chi connectivity index (χ0n) is 14.3. The third kappa shape index (κ3) is 4.45. The van der Waals surface area contributed by atoms with Crippen LogP contribution in [0, 0.1) is 5.92 Å². The Morgan fingerprint density at radius 3 is 2.29 bits per heavy atom. The molecule has 1 aliphatic rings. The third-order valence-corrected chi connectivity index (χ3v) is 4.46. The molecule has 0 aromatic carbocycles. The van der Waals surface area contributed by atoms with Crippen LogP contribution in [0.15, 0.2) is 0 Å². The lowest BCUT2D eigenvalue weighted by molar-refractivity contribution is -0.153. The second-order valence-electron chi connectivity index (χ2n) is 6.60. The molecule has 0 aliphatic carbocycles. The van der Waals surface area contributed by atoms with Crippen LogP contribution in [-0.2, 0) is 9.59 Å². The van der Waals surface area contributed by atoms with Gasteiger partial charge in [0.1, 0.15) is 12.1 Å². The first kappa shape index (κ1) is 18.0. The Bertz CT molecular complexity index is 355. The monoisotopic (exact) mass is 296 g/mol. The molecule has 1 saturated heterocycles. The third-order valence-electron chi connectivity index (χ3n) is 4.46. The van der Waals surface area contributed by atoms with Gasteiger partial charge in [0.25, 0.3) is 0 Å². The normalized spacial score (nSPS) is 24.4. The maximum atomic E-state index is 12.7. The van der Waals surface area contributed by atoms with Crippen LogP contribution in [0.3, 0.4) is 0 Å². The van der Waals surface area contributed by atoms with Crippen molar-refractivity contribution in [3.8, 4) is 0 Å². The van der Waals surface area contributed by atoms with Crippen LogP contribution in [0.2, 0.25) is 0 Å². The molecule has 3 atom stereocenters. The largest absolute Gasteiger partial charge is 0.342 e. The molecule has 0 aromatic heterocycles. The molecular formula is C17H32N2O2. The highest BCUT2D eigenvalue weighted by molar-refractivity contribution is 5.97. The highest BCUT2D eigenvalue weighted by Crippen LogP contribution is 2.22. The zero-order valence-corrected chi connectivity index (χ0v) is 14.3. The van der Waals surface area contributed by atoms with Crippen LogP contribution in [0.1, 0.15) is 73.1 Å². The highest BCUT2D eigenvalue weighted by atomic mass is 16.2. The van der Waals surface area contributed by atoms with E-state index in [2.05, 4.69) is 19.2 Å². The van der Waals surface area contributed by atoms with Crippen molar-refractivity contribution in [2.24, 2.45) is 5.92 Å². The summed E-state index contributed by atoms with van der Waals surface area (Å²) in [6.07, 6.45) is 6.46. The fourth-order valence-electron chi connectivity index (χ4n) is 3.12. The van der Waals surface area contributed by atoms with E-state index in [4.69, 9.17) is 0 Å². The molecule has 1 aliphatic heterocycles. The van der Waals surface area contributed by atoms with Gasteiger partial charge in [-0.1, -0.05) is 53.4 Å². The van der Waals surface area contributed by atoms with Crippen molar-refractivity contribution in [3.05, 3.63) is 0 Å². The molecule has 0 saturated carbocycles. The number of hydrogen-bond acceptors (Lipinski definition) is 2. The first-order valence-electron chi connectivity index (χ1n) is 8.56. The number of hydrogen-bond donors (Lipinski definition) is 1. The van der Waals surface area contributed by atoms with Crippen molar-refractivity contribution >= 4 is 11.8 Å². The van der Waals surface area contributed by atoms with Gasteiger partial charge in [-0.2, -0.15) is 0 Å². The summed E-state index contributed by atoms with van der Waals surface area (Å²) in [5.74, 6) is 0.240. The van der Waals surface area contributed by atoms with Gasteiger partial charge >= 0.3 is 0 Å². The van der Waals surface area contributed by atoms with Gasteiger partial charge in [0.2, 0.25) is 11.8 Å². The molecule has 3 unspecified atom stereocenters. The minimum absolute atomic E-state index is 0.0104. The van der Waals surface area contributed by atoms with E-state index in [9.17, 15) is 9.59 Å². The minimum atomic E-state index is -0.363. The Balaban J connectivity index is 2.76. The lowest BCUT2D eigenvalue weighted by atomic mass is 9.94. The van der Waals surface area contributed by atoms with Crippen LogP contribution in [0.5, 0.6) is 0 Å². The highest BCUT2D eigenvalue weighted by Gasteiger charge is 2.42. The van der Waals surface area contributed by atoms with E-state index in [1.807, 2.05) is 25.7 Å². The fourth-order valence-corrected chi connectivity index (χ4v) is 3.12. The molecule has 1 heterocycles. The molecule has 122 valence electrons. The Morgan fingerprint density at radius 1 is 1.10 bits per heavy atom. The molecule has 4 heteroatoms. The summed E-state index contributed by atoms with van der Waals surface area (Å²) < 4.78 is 0. The van der Waals surface area contributed by atoms with Crippen LogP contribution in [-0.4, -0.2) is 34.8 Å². The predicted molar refractivity (Wildman–Crippen MR) is 85.9 cm³/mol. The van der Waals surface area contributed by atoms with E-state index in [1.54, 1.807) is 0 Å². The van der Waals surface area contributed by atoms with Gasteiger partial charge in [0.05, 0.1) is 0 Å². The quantitative estimate of drug-likeness (QED) is 0.700. The average molecular weight is 296 g/mol. The average Bonchev–Trinajstić information content (AvgIpc) is 2.44. The number of amides is 2. The van der Waals surface area contributed by atoms with Crippen molar-refractivity contribution in [3.63, 3.8) is 0 Å². The Kier molecular flexibility index (Phi) is 7.20. The molecule has 2 amide bonds. The molecule has 1 rings (SSSR count). The molecule has 0 bridgehead atoms. The Morgan fingerprint density at radius 2 is 1.76 bits per heavy atom. The SMILES string of the molecule is CCCCCCC(C)N1C(=O)C(C(C)C)NC(=O)C1CC. The van der Waals surface area contributed by atoms with Gasteiger partial charge in [-0.3, -0.25) is 9.59 Å². The van der Waals surface area contributed by atoms with Gasteiger partial charge in [-0.05, 0) is 25.7 Å². The van der Waals surface area contributed by atoms with E-state index in [0.717, 1.165) is 12.8 Å². The van der Waals surface area contributed by atoms with Crippen LogP contribution < -0.4 is 5.32 Å². The molecule has 0 aromatic rings. The second-order valence-corrected chi connectivity index (χ2v) is 6.60. The first-order chi connectivity index (χ1) is 9.93. The predicted octanol–water partition coefficient (Wildman–Crippen LogP) is 3.11. The van der Waals surface area contributed by atoms with Crippen LogP contribution in [0.25, 0.3) is 0 Å². The first-order valence-corrected chi connectivity index (χ1v) is 8.56. The maximum absolute atomic E-state index is 12.7. The van der Waals surface area contributed by atoms with Crippen molar-refractivity contribution in [2.75, 3.05) is 0 Å². The molecule has 0 spiro atoms. The van der Waals surface area contributed by atoms with Crippen molar-refractivity contribution in [1.82, 2.24) is 10.2 Å². The van der Waals surface area contributed by atoms with Crippen LogP contribution in [0.4, 0.5) is 0 Å². The molecule has 21 heavy (non-hydrogen) atoms. The number of carbonyl (C=O) groups excluding carboxylic acids is 2. The summed E-state index contributed by atoms with van der Waals surface area (Å²) in [6, 6.07) is -0.515. The van der Waals surface area contributed by atoms with E-state index in [1.165, 1.54) is 19.3 Å². The van der Waals surface area contributed by atoms with Gasteiger partial charge in [-0.25, -0.2) is 0 Å². The number of nitrogens with one attached hydrogen (secondary N) is 1. The lowest BCUT2D eigenvalue weighted by Crippen LogP contribution is -2.66. The van der Waals surface area contributed by atoms with E-state index in [0.29, 0.717) is 6.42 Å². The Labute approximate surface area is 129 Å². The molecule has 0 radical (unpaired) electrons. The Hall–Kier alpha value is -1.06. The standard InChI is InChI=1S/C17H32N2O2/c1-6-8-9-10-11-13(5)19-14(7-2)16(20)18-15(12(3)4)17(19)21/h12-15H,6-11H2,1-5H3,(H,18,20). The fraction of sp³-hybridized carbons (Fsp3) is 0.882. The smallest absolute Gasteiger partial charge is 0.246 e. The summed E-state index contributed by atoms with van der Waals surface area (Å²) in [5, 5.41) is 2.90. The molecule has 1 N–H and O–H groups in total. The maximum Gasteiger partial charge on any atom is 0.246 e. The van der Waals surface area contributed by atoms with Gasteiger partial charge in [-0.15, -0.1) is 0 Å². The van der Waals surface area contributed by atoms with Gasteiger partial charge in [0, 0.05) is 6.04 Å². The summed E-state index contributed by atoms with van der Waals surface area (Å²) in [6.45, 7) is 10.2. The second kappa shape index (κ2) is 8.40. The van der Waals surface area contributed by atoms with Crippen molar-refractivity contribution in [1.29, 1.82) is 0 Å². The summed E-state index contributed by atoms with van der Waals surface area (Å²) in [7, 11) is 0. The van der Waals surface area contributed by atoms with Crippen LogP contribution >= 0.6 is 0 Å². The minimum Gasteiger partial charge on any atom is -0.342 e. The molecule has 1 fully saturated rings. The summed E-state index contributed by atoms with van der Waals surface area (Å²) >= 11 is 0. The number of piperazine rings is 1. The molecular weight excluding hydrogens is 264 g/mol. The lowest BCUT2D eigenvalue weighted by Gasteiger charge is -2.43. The van der Waals surface area contributed by atoms with Gasteiger partial charge < -0.3 is 10.2 Å². The summed E-state index contributed by atoms with van der Waals surface area (Å²) in [4.78, 5) is 26.9. The topological polar surface area (TPSA) is 49.4 Å². The van der Waals surface area contributed by atoms with Crippen molar-refractivity contribution < 1.29 is 9.59 Å². The number of nitrogens with zero attached hydrogens (tertiary/aromatic N) is 1. The van der Waals surface area contributed by atoms with Gasteiger partial charge in [0.15, 0.2) is 0 Å². The van der Waals surface area contributed by atoms with Crippen molar-refractivity contribution in [2.45, 2.75) is 91.3 Å². The number of carbonyl (C=O) groups is 2. The molecule has 4 nitrogen and oxygen atoms in total. The summed E-state index contributed by atoms with van der Waals surface area (Å²) in [5.41, 5.74) is 0. The van der Waals surface area contributed by atoms with E-state index in [-0.39, 0.29) is 35.9 Å². The zero-order chi connectivity index (χ0) is 16.0. The van der Waals surface area contributed by atoms with E-state index < -0.39 is 0 Å². The number of unbranched alkanes of at least 4 members (excludes halogenated alkanes) is 3. The number of rotatable bonds is 8.